The van der Waals surface area contributed by atoms with E-state index in [4.69, 9.17) is 0 Å². The maximum absolute atomic E-state index is 12.2. The lowest BCUT2D eigenvalue weighted by atomic mass is 9.78. The minimum atomic E-state index is 0.0917. The van der Waals surface area contributed by atoms with Crippen LogP contribution in [0, 0.1) is 23.7 Å². The molecule has 2 aliphatic rings. The van der Waals surface area contributed by atoms with Crippen molar-refractivity contribution in [2.75, 3.05) is 32.8 Å². The molecule has 0 aromatic carbocycles. The molecular weight excluding hydrogens is 314 g/mol. The second-order valence-electron chi connectivity index (χ2n) is 8.23. The Morgan fingerprint density at radius 2 is 2.00 bits per heavy atom. The standard InChI is InChI=1S/C20H33N3O2/c1-15(2)20(25)23-9-6-16(7-10-23)19-13-22(11-17(19)14-24)12-18-5-4-8-21(18)3/h4-5,8,15-17,19,24H,6-7,9-14H2,1-3H3/t17-,19-/m0/s1. The zero-order valence-corrected chi connectivity index (χ0v) is 15.9. The summed E-state index contributed by atoms with van der Waals surface area (Å²) in [6.07, 6.45) is 4.25. The molecule has 5 heteroatoms. The molecule has 2 aliphatic heterocycles. The molecular formula is C20H33N3O2. The largest absolute Gasteiger partial charge is 0.396 e. The number of amides is 1. The van der Waals surface area contributed by atoms with Crippen molar-refractivity contribution in [2.24, 2.45) is 30.7 Å². The van der Waals surface area contributed by atoms with Gasteiger partial charge in [-0.05, 0) is 42.7 Å². The fourth-order valence-corrected chi connectivity index (χ4v) is 4.65. The Balaban J connectivity index is 1.57. The van der Waals surface area contributed by atoms with Crippen molar-refractivity contribution in [1.82, 2.24) is 14.4 Å². The molecule has 1 aromatic heterocycles. The van der Waals surface area contributed by atoms with Crippen molar-refractivity contribution < 1.29 is 9.90 Å². The van der Waals surface area contributed by atoms with Crippen molar-refractivity contribution in [1.29, 1.82) is 0 Å². The number of carbonyl (C=O) groups excluding carboxylic acids is 1. The van der Waals surface area contributed by atoms with Crippen molar-refractivity contribution in [3.8, 4) is 0 Å². The molecule has 3 heterocycles. The summed E-state index contributed by atoms with van der Waals surface area (Å²) in [6, 6.07) is 4.27. The first-order valence-corrected chi connectivity index (χ1v) is 9.71. The number of carbonyl (C=O) groups is 1. The Bertz CT molecular complexity index is 575. The number of rotatable bonds is 5. The molecule has 2 fully saturated rings. The minimum absolute atomic E-state index is 0.0917. The van der Waals surface area contributed by atoms with Gasteiger partial charge in [-0.3, -0.25) is 9.69 Å². The zero-order valence-electron chi connectivity index (χ0n) is 15.9. The van der Waals surface area contributed by atoms with E-state index >= 15 is 0 Å². The van der Waals surface area contributed by atoms with Crippen LogP contribution in [-0.4, -0.2) is 58.2 Å². The Kier molecular flexibility index (Phi) is 5.85. The summed E-state index contributed by atoms with van der Waals surface area (Å²) in [7, 11) is 2.09. The van der Waals surface area contributed by atoms with Crippen molar-refractivity contribution in [2.45, 2.75) is 33.2 Å². The van der Waals surface area contributed by atoms with Gasteiger partial charge in [-0.15, -0.1) is 0 Å². The average molecular weight is 348 g/mol. The van der Waals surface area contributed by atoms with Gasteiger partial charge in [0.15, 0.2) is 0 Å². The van der Waals surface area contributed by atoms with Gasteiger partial charge in [-0.25, -0.2) is 0 Å². The summed E-state index contributed by atoms with van der Waals surface area (Å²) in [5, 5.41) is 9.88. The summed E-state index contributed by atoms with van der Waals surface area (Å²) in [4.78, 5) is 16.7. The molecule has 2 saturated heterocycles. The van der Waals surface area contributed by atoms with Gasteiger partial charge in [0, 0.05) is 64.2 Å². The van der Waals surface area contributed by atoms with E-state index in [1.165, 1.54) is 5.69 Å². The van der Waals surface area contributed by atoms with Gasteiger partial charge in [0.2, 0.25) is 5.91 Å². The summed E-state index contributed by atoms with van der Waals surface area (Å²) >= 11 is 0. The van der Waals surface area contributed by atoms with E-state index in [0.717, 1.165) is 45.6 Å². The molecule has 0 radical (unpaired) electrons. The van der Waals surface area contributed by atoms with Crippen molar-refractivity contribution in [3.05, 3.63) is 24.0 Å². The molecule has 2 atom stereocenters. The monoisotopic (exact) mass is 347 g/mol. The smallest absolute Gasteiger partial charge is 0.225 e. The number of hydrogen-bond donors (Lipinski definition) is 1. The van der Waals surface area contributed by atoms with Gasteiger partial charge < -0.3 is 14.6 Å². The third kappa shape index (κ3) is 4.09. The van der Waals surface area contributed by atoms with Gasteiger partial charge in [-0.2, -0.15) is 0 Å². The Hall–Kier alpha value is -1.33. The van der Waals surface area contributed by atoms with E-state index in [1.807, 2.05) is 18.7 Å². The van der Waals surface area contributed by atoms with Crippen molar-refractivity contribution >= 4 is 5.91 Å². The summed E-state index contributed by atoms with van der Waals surface area (Å²) in [5.41, 5.74) is 1.33. The average Bonchev–Trinajstić information content (AvgIpc) is 3.21. The van der Waals surface area contributed by atoms with Crippen LogP contribution in [0.5, 0.6) is 0 Å². The predicted molar refractivity (Wildman–Crippen MR) is 98.9 cm³/mol. The van der Waals surface area contributed by atoms with E-state index in [-0.39, 0.29) is 18.4 Å². The molecule has 5 nitrogen and oxygen atoms in total. The number of aromatic nitrogens is 1. The lowest BCUT2D eigenvalue weighted by Crippen LogP contribution is -2.43. The van der Waals surface area contributed by atoms with Gasteiger partial charge in [0.1, 0.15) is 0 Å². The number of aliphatic hydroxyl groups excluding tert-OH is 1. The van der Waals surface area contributed by atoms with E-state index in [2.05, 4.69) is 34.8 Å². The number of hydrogen-bond acceptors (Lipinski definition) is 3. The van der Waals surface area contributed by atoms with Crippen LogP contribution in [0.25, 0.3) is 0 Å². The fraction of sp³-hybridized carbons (Fsp3) is 0.750. The van der Waals surface area contributed by atoms with E-state index in [1.54, 1.807) is 0 Å². The van der Waals surface area contributed by atoms with Crippen LogP contribution in [0.3, 0.4) is 0 Å². The maximum Gasteiger partial charge on any atom is 0.225 e. The molecule has 1 N–H and O–H groups in total. The van der Waals surface area contributed by atoms with E-state index in [0.29, 0.717) is 17.8 Å². The molecule has 0 aliphatic carbocycles. The lowest BCUT2D eigenvalue weighted by molar-refractivity contribution is -0.136. The third-order valence-corrected chi connectivity index (χ3v) is 6.19. The number of nitrogens with zero attached hydrogens (tertiary/aromatic N) is 3. The van der Waals surface area contributed by atoms with Gasteiger partial charge >= 0.3 is 0 Å². The van der Waals surface area contributed by atoms with Gasteiger partial charge in [-0.1, -0.05) is 13.8 Å². The molecule has 3 rings (SSSR count). The van der Waals surface area contributed by atoms with E-state index < -0.39 is 0 Å². The van der Waals surface area contributed by atoms with Crippen LogP contribution in [-0.2, 0) is 18.4 Å². The van der Waals surface area contributed by atoms with Crippen molar-refractivity contribution in [3.63, 3.8) is 0 Å². The second-order valence-corrected chi connectivity index (χ2v) is 8.23. The first kappa shape index (κ1) is 18.5. The van der Waals surface area contributed by atoms with E-state index in [9.17, 15) is 9.90 Å². The molecule has 1 amide bonds. The summed E-state index contributed by atoms with van der Waals surface area (Å²) in [6.45, 7) is 9.02. The highest BCUT2D eigenvalue weighted by molar-refractivity contribution is 5.78. The molecule has 0 spiro atoms. The van der Waals surface area contributed by atoms with Crippen LogP contribution in [0.2, 0.25) is 0 Å². The maximum atomic E-state index is 12.2. The molecule has 0 bridgehead atoms. The molecule has 25 heavy (non-hydrogen) atoms. The number of likely N-dealkylation sites (tertiary alicyclic amines) is 2. The molecule has 140 valence electrons. The molecule has 0 unspecified atom stereocenters. The highest BCUT2D eigenvalue weighted by Gasteiger charge is 2.39. The van der Waals surface area contributed by atoms with Gasteiger partial charge in [0.05, 0.1) is 0 Å². The first-order valence-electron chi connectivity index (χ1n) is 9.71. The molecule has 0 saturated carbocycles. The zero-order chi connectivity index (χ0) is 18.0. The number of aliphatic hydroxyl groups is 1. The normalized spacial score (nSPS) is 25.9. The lowest BCUT2D eigenvalue weighted by Gasteiger charge is -2.37. The van der Waals surface area contributed by atoms with Crippen LogP contribution in [0.1, 0.15) is 32.4 Å². The Morgan fingerprint density at radius 1 is 1.28 bits per heavy atom. The van der Waals surface area contributed by atoms with Crippen LogP contribution >= 0.6 is 0 Å². The summed E-state index contributed by atoms with van der Waals surface area (Å²) in [5.74, 6) is 1.94. The number of aryl methyl sites for hydroxylation is 1. The molecule has 1 aromatic rings. The van der Waals surface area contributed by atoms with Crippen LogP contribution in [0.15, 0.2) is 18.3 Å². The first-order chi connectivity index (χ1) is 12.0. The highest BCUT2D eigenvalue weighted by atomic mass is 16.3. The van der Waals surface area contributed by atoms with Gasteiger partial charge in [0.25, 0.3) is 0 Å². The summed E-state index contributed by atoms with van der Waals surface area (Å²) < 4.78 is 2.18. The fourth-order valence-electron chi connectivity index (χ4n) is 4.65. The van der Waals surface area contributed by atoms with Crippen LogP contribution < -0.4 is 0 Å². The highest BCUT2D eigenvalue weighted by Crippen LogP contribution is 2.36. The quantitative estimate of drug-likeness (QED) is 0.886. The SMILES string of the molecule is CC(C)C(=O)N1CCC([C@@H]2CN(Cc3cccn3C)C[C@H]2CO)CC1. The Labute approximate surface area is 151 Å². The second kappa shape index (κ2) is 7.92. The number of piperidine rings is 1. The topological polar surface area (TPSA) is 48.7 Å². The Morgan fingerprint density at radius 3 is 2.56 bits per heavy atom. The van der Waals surface area contributed by atoms with Crippen LogP contribution in [0.4, 0.5) is 0 Å². The minimum Gasteiger partial charge on any atom is -0.396 e. The predicted octanol–water partition coefficient (Wildman–Crippen LogP) is 1.96. The third-order valence-electron chi connectivity index (χ3n) is 6.19.